The van der Waals surface area contributed by atoms with Gasteiger partial charge in [-0.3, -0.25) is 0 Å². The molecule has 3 heterocycles. The molecule has 3 rings (SSSR count). The molecule has 0 saturated carbocycles. The van der Waals surface area contributed by atoms with Gasteiger partial charge >= 0.3 is 5.69 Å². The van der Waals surface area contributed by atoms with E-state index in [4.69, 9.17) is 5.73 Å². The highest BCUT2D eigenvalue weighted by Gasteiger charge is 2.13. The summed E-state index contributed by atoms with van der Waals surface area (Å²) >= 11 is 0. The Labute approximate surface area is 177 Å². The first-order valence-corrected chi connectivity index (χ1v) is 9.30. The Morgan fingerprint density at radius 3 is 2.45 bits per heavy atom. The van der Waals surface area contributed by atoms with Crippen LogP contribution in [0.15, 0.2) is 53.4 Å². The third-order valence-corrected chi connectivity index (χ3v) is 4.42. The Morgan fingerprint density at radius 2 is 1.87 bits per heavy atom. The molecule has 10 heteroatoms. The van der Waals surface area contributed by atoms with E-state index >= 15 is 0 Å². The summed E-state index contributed by atoms with van der Waals surface area (Å²) in [6, 6.07) is 5.54. The van der Waals surface area contributed by atoms with Crippen molar-refractivity contribution < 1.29 is 8.78 Å². The lowest BCUT2D eigenvalue weighted by Gasteiger charge is -2.09. The maximum absolute atomic E-state index is 12.8. The molecule has 0 saturated heterocycles. The Balaban J connectivity index is 1.84. The maximum atomic E-state index is 12.8. The molecule has 0 amide bonds. The van der Waals surface area contributed by atoms with Crippen LogP contribution in [-0.2, 0) is 6.54 Å². The fourth-order valence-corrected chi connectivity index (χ4v) is 2.73. The van der Waals surface area contributed by atoms with Gasteiger partial charge in [0.2, 0.25) is 0 Å². The second-order valence-corrected chi connectivity index (χ2v) is 6.92. The zero-order valence-corrected chi connectivity index (χ0v) is 17.3. The number of halogens is 2. The van der Waals surface area contributed by atoms with Gasteiger partial charge in [0.25, 0.3) is 6.08 Å². The third-order valence-electron chi connectivity index (χ3n) is 4.42. The SMILES string of the molecule is Cc1cc(C#Cc2ccc(N(C)C)nc2)cnc1-n1cnn(CC(CN)=C(F)F)c1=O. The average Bonchev–Trinajstić information content (AvgIpc) is 3.10. The first-order valence-electron chi connectivity index (χ1n) is 9.30. The summed E-state index contributed by atoms with van der Waals surface area (Å²) in [6.45, 7) is 1.03. The highest BCUT2D eigenvalue weighted by Crippen LogP contribution is 2.12. The quantitative estimate of drug-likeness (QED) is 0.626. The van der Waals surface area contributed by atoms with Gasteiger partial charge in [0.05, 0.1) is 6.54 Å². The van der Waals surface area contributed by atoms with Crippen LogP contribution in [0.2, 0.25) is 0 Å². The summed E-state index contributed by atoms with van der Waals surface area (Å²) < 4.78 is 27.8. The van der Waals surface area contributed by atoms with E-state index in [0.29, 0.717) is 16.9 Å². The van der Waals surface area contributed by atoms with E-state index in [1.807, 2.05) is 31.1 Å². The van der Waals surface area contributed by atoms with Gasteiger partial charge < -0.3 is 10.6 Å². The normalized spacial score (nSPS) is 10.4. The van der Waals surface area contributed by atoms with Crippen molar-refractivity contribution in [1.29, 1.82) is 0 Å². The number of anilines is 1. The predicted octanol–water partition coefficient (Wildman–Crippen LogP) is 1.71. The monoisotopic (exact) mass is 425 g/mol. The van der Waals surface area contributed by atoms with Crippen LogP contribution in [0.25, 0.3) is 5.82 Å². The van der Waals surface area contributed by atoms with E-state index in [9.17, 15) is 13.6 Å². The van der Waals surface area contributed by atoms with E-state index < -0.39 is 11.8 Å². The zero-order chi connectivity index (χ0) is 22.5. The van der Waals surface area contributed by atoms with Gasteiger partial charge in [-0.05, 0) is 30.7 Å². The summed E-state index contributed by atoms with van der Waals surface area (Å²) in [4.78, 5) is 23.1. The van der Waals surface area contributed by atoms with Gasteiger partial charge in [-0.2, -0.15) is 13.9 Å². The Morgan fingerprint density at radius 1 is 1.16 bits per heavy atom. The Hall–Kier alpha value is -3.84. The van der Waals surface area contributed by atoms with Crippen LogP contribution < -0.4 is 16.3 Å². The highest BCUT2D eigenvalue weighted by atomic mass is 19.3. The van der Waals surface area contributed by atoms with Crippen LogP contribution in [0, 0.1) is 18.8 Å². The van der Waals surface area contributed by atoms with Gasteiger partial charge in [-0.15, -0.1) is 0 Å². The Bertz CT molecular complexity index is 1230. The summed E-state index contributed by atoms with van der Waals surface area (Å²) in [6.07, 6.45) is 2.56. The van der Waals surface area contributed by atoms with Crippen molar-refractivity contribution in [2.45, 2.75) is 13.5 Å². The fraction of sp³-hybridized carbons (Fsp3) is 0.238. The van der Waals surface area contributed by atoms with E-state index in [-0.39, 0.29) is 18.7 Å². The molecule has 0 radical (unpaired) electrons. The molecule has 0 aliphatic rings. The summed E-state index contributed by atoms with van der Waals surface area (Å²) in [5, 5.41) is 3.89. The van der Waals surface area contributed by atoms with Crippen molar-refractivity contribution in [3.05, 3.63) is 75.7 Å². The number of pyridine rings is 2. The number of aryl methyl sites for hydroxylation is 1. The smallest absolute Gasteiger partial charge is 0.351 e. The number of aromatic nitrogens is 5. The lowest BCUT2D eigenvalue weighted by molar-refractivity contribution is 0.400. The molecule has 0 aromatic carbocycles. The minimum absolute atomic E-state index is 0.345. The van der Waals surface area contributed by atoms with Crippen LogP contribution in [0.4, 0.5) is 14.6 Å². The fourth-order valence-electron chi connectivity index (χ4n) is 2.73. The molecule has 0 bridgehead atoms. The lowest BCUT2D eigenvalue weighted by atomic mass is 10.2. The molecular formula is C21H21F2N7O. The average molecular weight is 425 g/mol. The molecule has 3 aromatic rings. The van der Waals surface area contributed by atoms with Gasteiger partial charge in [-0.1, -0.05) is 11.8 Å². The molecule has 160 valence electrons. The predicted molar refractivity (Wildman–Crippen MR) is 113 cm³/mol. The standard InChI is InChI=1S/C21H21F2N7O/c1-14-8-16(5-4-15-6-7-18(25-10-15)28(2)3)11-26-20(14)29-13-27-30(21(29)31)12-17(9-24)19(22)23/h6-8,10-11,13H,9,12,24H2,1-3H3. The van der Waals surface area contributed by atoms with Gasteiger partial charge in [0, 0.05) is 49.7 Å². The molecular weight excluding hydrogens is 404 g/mol. The molecule has 0 atom stereocenters. The maximum Gasteiger partial charge on any atom is 0.351 e. The number of rotatable bonds is 5. The van der Waals surface area contributed by atoms with Crippen molar-refractivity contribution in [3.8, 4) is 17.7 Å². The van der Waals surface area contributed by atoms with Crippen molar-refractivity contribution in [3.63, 3.8) is 0 Å². The summed E-state index contributed by atoms with van der Waals surface area (Å²) in [5.41, 5.74) is 6.46. The molecule has 31 heavy (non-hydrogen) atoms. The van der Waals surface area contributed by atoms with Crippen LogP contribution in [-0.4, -0.2) is 45.0 Å². The number of nitrogens with zero attached hydrogens (tertiary/aromatic N) is 6. The van der Waals surface area contributed by atoms with E-state index in [1.54, 1.807) is 19.2 Å². The van der Waals surface area contributed by atoms with Gasteiger partial charge in [0.1, 0.15) is 18.0 Å². The van der Waals surface area contributed by atoms with E-state index in [0.717, 1.165) is 16.1 Å². The number of hydrogen-bond donors (Lipinski definition) is 1. The topological polar surface area (TPSA) is 94.9 Å². The molecule has 0 fully saturated rings. The molecule has 0 spiro atoms. The highest BCUT2D eigenvalue weighted by molar-refractivity contribution is 5.47. The van der Waals surface area contributed by atoms with E-state index in [1.165, 1.54) is 17.1 Å². The first kappa shape index (κ1) is 21.9. The minimum atomic E-state index is -1.91. The zero-order valence-electron chi connectivity index (χ0n) is 17.3. The summed E-state index contributed by atoms with van der Waals surface area (Å²) in [7, 11) is 3.82. The molecule has 3 aromatic heterocycles. The van der Waals surface area contributed by atoms with Crippen molar-refractivity contribution in [2.24, 2.45) is 5.73 Å². The van der Waals surface area contributed by atoms with Gasteiger partial charge in [-0.25, -0.2) is 24.0 Å². The van der Waals surface area contributed by atoms with Crippen LogP contribution in [0.3, 0.4) is 0 Å². The first-order chi connectivity index (χ1) is 14.8. The number of hydrogen-bond acceptors (Lipinski definition) is 6. The van der Waals surface area contributed by atoms with Crippen LogP contribution >= 0.6 is 0 Å². The van der Waals surface area contributed by atoms with E-state index in [2.05, 4.69) is 26.9 Å². The van der Waals surface area contributed by atoms with Crippen molar-refractivity contribution in [1.82, 2.24) is 24.3 Å². The van der Waals surface area contributed by atoms with Gasteiger partial charge in [0.15, 0.2) is 0 Å². The van der Waals surface area contributed by atoms with Crippen LogP contribution in [0.5, 0.6) is 0 Å². The second kappa shape index (κ2) is 9.32. The third kappa shape index (κ3) is 5.02. The molecule has 8 nitrogen and oxygen atoms in total. The largest absolute Gasteiger partial charge is 0.363 e. The van der Waals surface area contributed by atoms with Crippen molar-refractivity contribution >= 4 is 5.82 Å². The second-order valence-electron chi connectivity index (χ2n) is 6.92. The molecule has 0 aliphatic carbocycles. The molecule has 2 N–H and O–H groups in total. The van der Waals surface area contributed by atoms with Crippen LogP contribution in [0.1, 0.15) is 16.7 Å². The summed E-state index contributed by atoms with van der Waals surface area (Å²) in [5.74, 6) is 7.22. The molecule has 0 unspecified atom stereocenters. The number of nitrogens with two attached hydrogens (primary N) is 1. The minimum Gasteiger partial charge on any atom is -0.363 e. The Kier molecular flexibility index (Phi) is 6.57. The van der Waals surface area contributed by atoms with Crippen molar-refractivity contribution in [2.75, 3.05) is 25.5 Å². The molecule has 0 aliphatic heterocycles. The lowest BCUT2D eigenvalue weighted by Crippen LogP contribution is -2.27.